The average molecular weight is 342 g/mol. The number of carbonyl (C=O) groups excluding carboxylic acids is 1. The van der Waals surface area contributed by atoms with Crippen molar-refractivity contribution >= 4 is 11.6 Å². The molecule has 1 fully saturated rings. The smallest absolute Gasteiger partial charge is 0.268 e. The molecule has 2 heterocycles. The topological polar surface area (TPSA) is 87.5 Å². The Morgan fingerprint density at radius 2 is 2.20 bits per heavy atom. The number of amides is 1. The molecule has 7 nitrogen and oxygen atoms in total. The lowest BCUT2D eigenvalue weighted by atomic mass is 10.1. The monoisotopic (exact) mass is 342 g/mol. The van der Waals surface area contributed by atoms with Crippen LogP contribution in [0.5, 0.6) is 5.75 Å². The predicted molar refractivity (Wildman–Crippen MR) is 95.0 cm³/mol. The number of nitrogens with zero attached hydrogens (tertiary/aromatic N) is 3. The minimum atomic E-state index is -0.142. The van der Waals surface area contributed by atoms with Crippen LogP contribution in [0.4, 0.5) is 5.69 Å². The van der Waals surface area contributed by atoms with Gasteiger partial charge in [0.15, 0.2) is 0 Å². The van der Waals surface area contributed by atoms with Crippen LogP contribution in [0.15, 0.2) is 35.3 Å². The maximum Gasteiger partial charge on any atom is 0.268 e. The SMILES string of the molecule is Cc1cc(C(=O)NCC2CCN(c3cnn(C)c(=O)c3)C2)ccc1O. The lowest BCUT2D eigenvalue weighted by Gasteiger charge is -2.18. The molecule has 1 aliphatic rings. The van der Waals surface area contributed by atoms with E-state index in [4.69, 9.17) is 0 Å². The first-order valence-electron chi connectivity index (χ1n) is 8.30. The molecule has 132 valence electrons. The van der Waals surface area contributed by atoms with Gasteiger partial charge in [0.2, 0.25) is 0 Å². The second-order valence-electron chi connectivity index (χ2n) is 6.49. The molecular weight excluding hydrogens is 320 g/mol. The number of anilines is 1. The number of hydrogen-bond acceptors (Lipinski definition) is 5. The van der Waals surface area contributed by atoms with Gasteiger partial charge in [-0.05, 0) is 43.0 Å². The number of phenols is 1. The van der Waals surface area contributed by atoms with Gasteiger partial charge in [-0.15, -0.1) is 0 Å². The molecule has 1 amide bonds. The van der Waals surface area contributed by atoms with Crippen molar-refractivity contribution in [1.29, 1.82) is 0 Å². The summed E-state index contributed by atoms with van der Waals surface area (Å²) >= 11 is 0. The highest BCUT2D eigenvalue weighted by atomic mass is 16.3. The van der Waals surface area contributed by atoms with Crippen LogP contribution in [0.1, 0.15) is 22.3 Å². The number of aromatic hydroxyl groups is 1. The Labute approximate surface area is 145 Å². The van der Waals surface area contributed by atoms with Gasteiger partial charge in [-0.1, -0.05) is 0 Å². The molecule has 1 unspecified atom stereocenters. The normalized spacial score (nSPS) is 16.9. The third-order valence-electron chi connectivity index (χ3n) is 4.61. The van der Waals surface area contributed by atoms with Gasteiger partial charge >= 0.3 is 0 Å². The molecule has 2 N–H and O–H groups in total. The van der Waals surface area contributed by atoms with E-state index < -0.39 is 0 Å². The van der Waals surface area contributed by atoms with Gasteiger partial charge in [0.05, 0.1) is 11.9 Å². The van der Waals surface area contributed by atoms with Crippen molar-refractivity contribution in [1.82, 2.24) is 15.1 Å². The Kier molecular flexibility index (Phi) is 4.74. The van der Waals surface area contributed by atoms with Crippen molar-refractivity contribution in [2.75, 3.05) is 24.5 Å². The van der Waals surface area contributed by atoms with E-state index in [1.54, 1.807) is 38.4 Å². The van der Waals surface area contributed by atoms with Crippen LogP contribution in [0.2, 0.25) is 0 Å². The van der Waals surface area contributed by atoms with Gasteiger partial charge in [0.25, 0.3) is 11.5 Å². The molecule has 0 saturated carbocycles. The number of nitrogens with one attached hydrogen (secondary N) is 1. The van der Waals surface area contributed by atoms with E-state index in [1.807, 2.05) is 0 Å². The zero-order valence-electron chi connectivity index (χ0n) is 14.4. The molecule has 7 heteroatoms. The van der Waals surface area contributed by atoms with Crippen LogP contribution >= 0.6 is 0 Å². The number of phenolic OH excluding ortho intramolecular Hbond substituents is 1. The van der Waals surface area contributed by atoms with E-state index in [9.17, 15) is 14.7 Å². The number of aryl methyl sites for hydroxylation is 2. The van der Waals surface area contributed by atoms with Gasteiger partial charge in [0.1, 0.15) is 5.75 Å². The highest BCUT2D eigenvalue weighted by molar-refractivity contribution is 5.94. The molecule has 0 bridgehead atoms. The van der Waals surface area contributed by atoms with E-state index >= 15 is 0 Å². The Hall–Kier alpha value is -2.83. The van der Waals surface area contributed by atoms with Gasteiger partial charge in [0, 0.05) is 38.3 Å². The molecule has 1 aromatic heterocycles. The third-order valence-corrected chi connectivity index (χ3v) is 4.61. The number of rotatable bonds is 4. The van der Waals surface area contributed by atoms with E-state index in [1.165, 1.54) is 10.7 Å². The minimum Gasteiger partial charge on any atom is -0.508 e. The van der Waals surface area contributed by atoms with Crippen molar-refractivity contribution in [3.8, 4) is 5.75 Å². The summed E-state index contributed by atoms with van der Waals surface area (Å²) < 4.78 is 1.30. The van der Waals surface area contributed by atoms with Crippen molar-refractivity contribution < 1.29 is 9.90 Å². The van der Waals surface area contributed by atoms with Crippen LogP contribution in [0, 0.1) is 12.8 Å². The fraction of sp³-hybridized carbons (Fsp3) is 0.389. The Balaban J connectivity index is 1.56. The molecule has 0 spiro atoms. The molecule has 1 atom stereocenters. The fourth-order valence-electron chi connectivity index (χ4n) is 3.00. The Morgan fingerprint density at radius 1 is 1.40 bits per heavy atom. The number of benzene rings is 1. The molecular formula is C18H22N4O3. The summed E-state index contributed by atoms with van der Waals surface area (Å²) in [4.78, 5) is 26.1. The molecule has 2 aromatic rings. The van der Waals surface area contributed by atoms with E-state index in [0.717, 1.165) is 25.2 Å². The van der Waals surface area contributed by atoms with Gasteiger partial charge in [-0.3, -0.25) is 9.59 Å². The van der Waals surface area contributed by atoms with Crippen molar-refractivity contribution in [3.63, 3.8) is 0 Å². The zero-order valence-corrected chi connectivity index (χ0v) is 14.4. The summed E-state index contributed by atoms with van der Waals surface area (Å²) in [6, 6.07) is 6.42. The maximum absolute atomic E-state index is 12.2. The van der Waals surface area contributed by atoms with Crippen molar-refractivity contribution in [2.24, 2.45) is 13.0 Å². The molecule has 3 rings (SSSR count). The molecule has 0 radical (unpaired) electrons. The van der Waals surface area contributed by atoms with E-state index in [-0.39, 0.29) is 17.2 Å². The standard InChI is InChI=1S/C18H22N4O3/c1-12-7-14(3-4-16(12)23)18(25)19-9-13-5-6-22(11-13)15-8-17(24)21(2)20-10-15/h3-4,7-8,10,13,23H,5-6,9,11H2,1-2H3,(H,19,25). The third kappa shape index (κ3) is 3.81. The lowest BCUT2D eigenvalue weighted by molar-refractivity contribution is 0.0948. The first kappa shape index (κ1) is 17.0. The first-order chi connectivity index (χ1) is 11.9. The number of carbonyl (C=O) groups is 1. The van der Waals surface area contributed by atoms with E-state index in [0.29, 0.717) is 23.6 Å². The number of aromatic nitrogens is 2. The molecule has 1 aromatic carbocycles. The second-order valence-corrected chi connectivity index (χ2v) is 6.49. The van der Waals surface area contributed by atoms with E-state index in [2.05, 4.69) is 15.3 Å². The van der Waals surface area contributed by atoms with Crippen LogP contribution in [0.25, 0.3) is 0 Å². The summed E-state index contributed by atoms with van der Waals surface area (Å²) in [6.07, 6.45) is 2.64. The van der Waals surface area contributed by atoms with Crippen LogP contribution < -0.4 is 15.8 Å². The Bertz CT molecular complexity index is 846. The second kappa shape index (κ2) is 6.96. The summed E-state index contributed by atoms with van der Waals surface area (Å²) in [7, 11) is 1.62. The molecule has 0 aliphatic carbocycles. The van der Waals surface area contributed by atoms with Crippen LogP contribution in [-0.2, 0) is 7.05 Å². The predicted octanol–water partition coefficient (Wildman–Crippen LogP) is 1.05. The minimum absolute atomic E-state index is 0.128. The largest absolute Gasteiger partial charge is 0.508 e. The van der Waals surface area contributed by atoms with Crippen molar-refractivity contribution in [2.45, 2.75) is 13.3 Å². The average Bonchev–Trinajstić information content (AvgIpc) is 3.06. The molecule has 1 aliphatic heterocycles. The quantitative estimate of drug-likeness (QED) is 0.867. The van der Waals surface area contributed by atoms with Gasteiger partial charge in [-0.2, -0.15) is 5.10 Å². The maximum atomic E-state index is 12.2. The van der Waals surface area contributed by atoms with Gasteiger partial charge < -0.3 is 15.3 Å². The van der Waals surface area contributed by atoms with Crippen LogP contribution in [-0.4, -0.2) is 40.4 Å². The lowest BCUT2D eigenvalue weighted by Crippen LogP contribution is -2.31. The number of hydrogen-bond donors (Lipinski definition) is 2. The molecule has 25 heavy (non-hydrogen) atoms. The highest BCUT2D eigenvalue weighted by Gasteiger charge is 2.24. The fourth-order valence-corrected chi connectivity index (χ4v) is 3.00. The summed E-state index contributed by atoms with van der Waals surface area (Å²) in [6.45, 7) is 3.96. The van der Waals surface area contributed by atoms with Gasteiger partial charge in [-0.25, -0.2) is 4.68 Å². The highest BCUT2D eigenvalue weighted by Crippen LogP contribution is 2.22. The summed E-state index contributed by atoms with van der Waals surface area (Å²) in [5.41, 5.74) is 1.92. The first-order valence-corrected chi connectivity index (χ1v) is 8.30. The van der Waals surface area contributed by atoms with Crippen molar-refractivity contribution in [3.05, 3.63) is 51.9 Å². The Morgan fingerprint density at radius 3 is 2.92 bits per heavy atom. The van der Waals surface area contributed by atoms with Crippen LogP contribution in [0.3, 0.4) is 0 Å². The summed E-state index contributed by atoms with van der Waals surface area (Å²) in [5, 5.41) is 16.5. The zero-order chi connectivity index (χ0) is 18.0. The summed E-state index contributed by atoms with van der Waals surface area (Å²) in [5.74, 6) is 0.369. The molecule has 1 saturated heterocycles.